The number of imide groups is 1. The van der Waals surface area contributed by atoms with Crippen LogP contribution in [0.1, 0.15) is 88.0 Å². The van der Waals surface area contributed by atoms with Gasteiger partial charge < -0.3 is 10.1 Å². The van der Waals surface area contributed by atoms with E-state index in [1.54, 1.807) is 6.92 Å². The van der Waals surface area contributed by atoms with Crippen molar-refractivity contribution in [3.63, 3.8) is 0 Å². The third-order valence-electron chi connectivity index (χ3n) is 4.05. The zero-order chi connectivity index (χ0) is 22.3. The predicted octanol–water partition coefficient (Wildman–Crippen LogP) is 4.08. The molecule has 1 heterocycles. The van der Waals surface area contributed by atoms with Crippen LogP contribution in [-0.4, -0.2) is 36.5 Å². The molecule has 0 saturated carbocycles. The molecule has 1 rings (SSSR count). The van der Waals surface area contributed by atoms with Crippen molar-refractivity contribution in [3.05, 3.63) is 0 Å². The molecule has 1 atom stereocenters. The lowest BCUT2D eigenvalue weighted by atomic mass is 10.0. The normalized spacial score (nSPS) is 16.2. The quantitative estimate of drug-likeness (QED) is 0.571. The van der Waals surface area contributed by atoms with Crippen LogP contribution >= 0.6 is 0 Å². The van der Waals surface area contributed by atoms with Gasteiger partial charge >= 0.3 is 0 Å². The summed E-state index contributed by atoms with van der Waals surface area (Å²) in [5, 5.41) is 5.12. The number of amides is 3. The summed E-state index contributed by atoms with van der Waals surface area (Å²) in [6, 6.07) is 0. The second-order valence-electron chi connectivity index (χ2n) is 8.51. The second kappa shape index (κ2) is 15.5. The van der Waals surface area contributed by atoms with Gasteiger partial charge in [0.2, 0.25) is 17.7 Å². The maximum Gasteiger partial charge on any atom is 0.229 e. The van der Waals surface area contributed by atoms with Crippen LogP contribution in [0.4, 0.5) is 0 Å². The molecule has 0 aromatic heterocycles. The molecule has 0 radical (unpaired) electrons. The standard InChI is InChI=1S/C15H31NO2.C5H7NO2.C2H6/c1-12(2)8-10-18-15(5,6)9-7-14(17)16-11-13(3)4;1-3-2-4(7)6-5(3)8;1-2/h12-13H,7-11H2,1-6H3,(H,16,17);3H,2H2,1H3,(H,6,7,8);1-2H3. The van der Waals surface area contributed by atoms with E-state index in [2.05, 4.69) is 52.2 Å². The van der Waals surface area contributed by atoms with E-state index < -0.39 is 0 Å². The van der Waals surface area contributed by atoms with Crippen LogP contribution in [0.25, 0.3) is 0 Å². The Morgan fingerprint density at radius 1 is 1.18 bits per heavy atom. The Hall–Kier alpha value is -1.43. The topological polar surface area (TPSA) is 84.5 Å². The first kappa shape index (κ1) is 28.8. The van der Waals surface area contributed by atoms with Gasteiger partial charge in [-0.15, -0.1) is 0 Å². The summed E-state index contributed by atoms with van der Waals surface area (Å²) in [5.41, 5.74) is -0.204. The summed E-state index contributed by atoms with van der Waals surface area (Å²) in [7, 11) is 0. The fourth-order valence-electron chi connectivity index (χ4n) is 2.15. The van der Waals surface area contributed by atoms with E-state index in [0.29, 0.717) is 24.7 Å². The first-order valence-corrected chi connectivity index (χ1v) is 10.7. The highest BCUT2D eigenvalue weighted by Crippen LogP contribution is 2.18. The fraction of sp³-hybridized carbons (Fsp3) is 0.864. The summed E-state index contributed by atoms with van der Waals surface area (Å²) in [4.78, 5) is 32.4. The molecule has 1 fully saturated rings. The monoisotopic (exact) mass is 400 g/mol. The lowest BCUT2D eigenvalue weighted by molar-refractivity contribution is -0.126. The molecule has 0 spiro atoms. The van der Waals surface area contributed by atoms with E-state index in [-0.39, 0.29) is 29.2 Å². The molecular formula is C22H44N2O4. The van der Waals surface area contributed by atoms with Gasteiger partial charge in [-0.1, -0.05) is 48.5 Å². The highest BCUT2D eigenvalue weighted by Gasteiger charge is 2.25. The Labute approximate surface area is 172 Å². The Morgan fingerprint density at radius 2 is 1.75 bits per heavy atom. The first-order valence-electron chi connectivity index (χ1n) is 10.7. The molecule has 0 aromatic carbocycles. The van der Waals surface area contributed by atoms with Gasteiger partial charge in [-0.3, -0.25) is 19.7 Å². The SMILES string of the molecule is CC.CC(C)CCOC(C)(C)CCC(=O)NCC(C)C.CC1CC(=O)NC1=O. The number of nitrogens with one attached hydrogen (secondary N) is 2. The molecule has 28 heavy (non-hydrogen) atoms. The van der Waals surface area contributed by atoms with Crippen molar-refractivity contribution >= 4 is 17.7 Å². The van der Waals surface area contributed by atoms with Crippen LogP contribution in [0.5, 0.6) is 0 Å². The van der Waals surface area contributed by atoms with Crippen molar-refractivity contribution in [1.29, 1.82) is 0 Å². The fourth-order valence-corrected chi connectivity index (χ4v) is 2.15. The average molecular weight is 401 g/mol. The number of rotatable bonds is 9. The van der Waals surface area contributed by atoms with E-state index in [1.807, 2.05) is 13.8 Å². The maximum absolute atomic E-state index is 11.6. The lowest BCUT2D eigenvalue weighted by Crippen LogP contribution is -2.31. The number of carbonyl (C=O) groups is 3. The van der Waals surface area contributed by atoms with Crippen molar-refractivity contribution in [3.8, 4) is 0 Å². The van der Waals surface area contributed by atoms with Crippen molar-refractivity contribution in [2.24, 2.45) is 17.8 Å². The van der Waals surface area contributed by atoms with E-state index in [9.17, 15) is 14.4 Å². The third-order valence-corrected chi connectivity index (χ3v) is 4.05. The number of hydrogen-bond acceptors (Lipinski definition) is 4. The zero-order valence-corrected chi connectivity index (χ0v) is 19.6. The molecule has 0 aliphatic carbocycles. The molecule has 2 N–H and O–H groups in total. The summed E-state index contributed by atoms with van der Waals surface area (Å²) in [6.07, 6.45) is 2.75. The Bertz CT molecular complexity index is 459. The van der Waals surface area contributed by atoms with Crippen LogP contribution in [0.2, 0.25) is 0 Å². The minimum Gasteiger partial charge on any atom is -0.376 e. The smallest absolute Gasteiger partial charge is 0.229 e. The van der Waals surface area contributed by atoms with Crippen molar-refractivity contribution in [2.45, 2.75) is 93.6 Å². The second-order valence-corrected chi connectivity index (χ2v) is 8.51. The molecule has 1 unspecified atom stereocenters. The summed E-state index contributed by atoms with van der Waals surface area (Å²) in [6.45, 7) is 20.0. The van der Waals surface area contributed by atoms with Crippen molar-refractivity contribution in [2.75, 3.05) is 13.2 Å². The van der Waals surface area contributed by atoms with Crippen LogP contribution in [0.3, 0.4) is 0 Å². The molecule has 0 bridgehead atoms. The number of ether oxygens (including phenoxy) is 1. The van der Waals surface area contributed by atoms with E-state index in [4.69, 9.17) is 4.74 Å². The zero-order valence-electron chi connectivity index (χ0n) is 19.6. The first-order chi connectivity index (χ1) is 12.9. The van der Waals surface area contributed by atoms with Gasteiger partial charge in [-0.05, 0) is 38.5 Å². The molecule has 3 amide bonds. The summed E-state index contributed by atoms with van der Waals surface area (Å²) in [5.74, 6) is 0.892. The van der Waals surface area contributed by atoms with Crippen LogP contribution in [0, 0.1) is 17.8 Å². The van der Waals surface area contributed by atoms with Gasteiger partial charge in [0.15, 0.2) is 0 Å². The number of hydrogen-bond donors (Lipinski definition) is 2. The highest BCUT2D eigenvalue weighted by molar-refractivity contribution is 6.03. The Balaban J connectivity index is 0. The summed E-state index contributed by atoms with van der Waals surface area (Å²) < 4.78 is 5.84. The predicted molar refractivity (Wildman–Crippen MR) is 115 cm³/mol. The molecule has 166 valence electrons. The Kier molecular flexibility index (Phi) is 15.9. The van der Waals surface area contributed by atoms with Gasteiger partial charge in [0, 0.05) is 31.9 Å². The molecule has 6 heteroatoms. The third kappa shape index (κ3) is 16.7. The minimum absolute atomic E-state index is 0.109. The summed E-state index contributed by atoms with van der Waals surface area (Å²) >= 11 is 0. The van der Waals surface area contributed by atoms with E-state index in [0.717, 1.165) is 26.0 Å². The molecule has 1 saturated heterocycles. The van der Waals surface area contributed by atoms with Crippen molar-refractivity contribution in [1.82, 2.24) is 10.6 Å². The van der Waals surface area contributed by atoms with E-state index >= 15 is 0 Å². The minimum atomic E-state index is -0.204. The largest absolute Gasteiger partial charge is 0.376 e. The maximum atomic E-state index is 11.6. The molecule has 1 aliphatic heterocycles. The Morgan fingerprint density at radius 3 is 2.11 bits per heavy atom. The van der Waals surface area contributed by atoms with Gasteiger partial charge in [-0.2, -0.15) is 0 Å². The molecule has 6 nitrogen and oxygen atoms in total. The van der Waals surface area contributed by atoms with Gasteiger partial charge in [-0.25, -0.2) is 0 Å². The van der Waals surface area contributed by atoms with Crippen molar-refractivity contribution < 1.29 is 19.1 Å². The van der Waals surface area contributed by atoms with Gasteiger partial charge in [0.05, 0.1) is 5.60 Å². The van der Waals surface area contributed by atoms with Gasteiger partial charge in [0.25, 0.3) is 0 Å². The van der Waals surface area contributed by atoms with Crippen LogP contribution < -0.4 is 10.6 Å². The molecular weight excluding hydrogens is 356 g/mol. The highest BCUT2D eigenvalue weighted by atomic mass is 16.5. The molecule has 1 aliphatic rings. The van der Waals surface area contributed by atoms with Crippen LogP contribution in [0.15, 0.2) is 0 Å². The van der Waals surface area contributed by atoms with E-state index in [1.165, 1.54) is 0 Å². The lowest BCUT2D eigenvalue weighted by Gasteiger charge is -2.25. The number of carbonyl (C=O) groups excluding carboxylic acids is 3. The van der Waals surface area contributed by atoms with Gasteiger partial charge in [0.1, 0.15) is 0 Å². The average Bonchev–Trinajstić information content (AvgIpc) is 2.88. The molecule has 0 aromatic rings. The van der Waals surface area contributed by atoms with Crippen LogP contribution in [-0.2, 0) is 19.1 Å².